The highest BCUT2D eigenvalue weighted by atomic mass is 32.2. The second-order valence-electron chi connectivity index (χ2n) is 5.43. The lowest BCUT2D eigenvalue weighted by Crippen LogP contribution is -2.10. The van der Waals surface area contributed by atoms with Gasteiger partial charge in [-0.3, -0.25) is 8.75 Å². The van der Waals surface area contributed by atoms with Crippen LogP contribution in [0, 0.1) is 6.92 Å². The number of benzene rings is 1. The number of fused-ring (bicyclic) bond motifs is 1. The van der Waals surface area contributed by atoms with Gasteiger partial charge in [0.2, 0.25) is 0 Å². The summed E-state index contributed by atoms with van der Waals surface area (Å²) in [7, 11) is -2.22. The van der Waals surface area contributed by atoms with Crippen molar-refractivity contribution in [2.24, 2.45) is 7.05 Å². The van der Waals surface area contributed by atoms with E-state index in [1.54, 1.807) is 31.4 Å². The second kappa shape index (κ2) is 6.21. The minimum absolute atomic E-state index is 0.0273. The predicted octanol–water partition coefficient (Wildman–Crippen LogP) is 1.78. The summed E-state index contributed by atoms with van der Waals surface area (Å²) < 4.78 is 35.6. The Morgan fingerprint density at radius 1 is 1.25 bits per heavy atom. The summed E-state index contributed by atoms with van der Waals surface area (Å²) in [6.45, 7) is 1.85. The van der Waals surface area contributed by atoms with Crippen molar-refractivity contribution in [1.82, 2.24) is 9.55 Å². The van der Waals surface area contributed by atoms with E-state index in [4.69, 9.17) is 8.60 Å². The normalized spacial score (nSPS) is 11.9. The van der Waals surface area contributed by atoms with Gasteiger partial charge in [0.15, 0.2) is 11.2 Å². The summed E-state index contributed by atoms with van der Waals surface area (Å²) in [6, 6.07) is 8.11. The number of rotatable bonds is 5. The first kappa shape index (κ1) is 16.4. The average molecular weight is 348 g/mol. The molecule has 126 valence electrons. The molecular weight excluding hydrogens is 332 g/mol. The van der Waals surface area contributed by atoms with Gasteiger partial charge in [0, 0.05) is 13.2 Å². The third-order valence-electron chi connectivity index (χ3n) is 3.62. The molecule has 0 spiro atoms. The molecule has 0 atom stereocenters. The molecule has 24 heavy (non-hydrogen) atoms. The maximum absolute atomic E-state index is 12.1. The van der Waals surface area contributed by atoms with Gasteiger partial charge in [0.1, 0.15) is 0 Å². The molecule has 3 aromatic rings. The lowest BCUT2D eigenvalue weighted by molar-refractivity contribution is 0.322. The van der Waals surface area contributed by atoms with Gasteiger partial charge in [-0.25, -0.2) is 9.78 Å². The van der Waals surface area contributed by atoms with E-state index >= 15 is 0 Å². The Balaban J connectivity index is 1.69. The Morgan fingerprint density at radius 3 is 2.67 bits per heavy atom. The van der Waals surface area contributed by atoms with Gasteiger partial charge < -0.3 is 4.42 Å². The minimum Gasteiger partial charge on any atom is -0.406 e. The van der Waals surface area contributed by atoms with Crippen molar-refractivity contribution in [3.63, 3.8) is 0 Å². The average Bonchev–Trinajstić information content (AvgIpc) is 2.82. The van der Waals surface area contributed by atoms with Gasteiger partial charge in [-0.1, -0.05) is 17.7 Å². The van der Waals surface area contributed by atoms with Gasteiger partial charge in [-0.2, -0.15) is 8.42 Å². The predicted molar refractivity (Wildman–Crippen MR) is 87.3 cm³/mol. The van der Waals surface area contributed by atoms with Crippen LogP contribution in [0.2, 0.25) is 0 Å². The van der Waals surface area contributed by atoms with E-state index in [1.807, 2.05) is 6.92 Å². The first-order valence-electron chi connectivity index (χ1n) is 7.27. The molecule has 2 heterocycles. The molecule has 0 unspecified atom stereocenters. The zero-order chi connectivity index (χ0) is 17.3. The smallest absolute Gasteiger partial charge is 0.406 e. The molecule has 0 amide bonds. The van der Waals surface area contributed by atoms with Crippen molar-refractivity contribution in [2.75, 3.05) is 6.61 Å². The summed E-state index contributed by atoms with van der Waals surface area (Å²) in [4.78, 5) is 15.7. The minimum atomic E-state index is -3.79. The lowest BCUT2D eigenvalue weighted by atomic mass is 10.2. The van der Waals surface area contributed by atoms with Crippen LogP contribution in [0.4, 0.5) is 0 Å². The molecule has 0 bridgehead atoms. The monoisotopic (exact) mass is 348 g/mol. The topological polar surface area (TPSA) is 91.4 Å². The molecule has 2 aromatic heterocycles. The Hall–Kier alpha value is -2.45. The van der Waals surface area contributed by atoms with E-state index in [1.165, 1.54) is 16.7 Å². The quantitative estimate of drug-likeness (QED) is 0.653. The Labute approximate surface area is 138 Å². The molecular formula is C16H16N2O5S. The SMILES string of the molecule is Cc1ccc(S(=O)(=O)OCCc2cnc3c(c2)oc(=O)n3C)cc1. The highest BCUT2D eigenvalue weighted by Crippen LogP contribution is 2.15. The fraction of sp³-hybridized carbons (Fsp3) is 0.250. The molecule has 3 rings (SSSR count). The summed E-state index contributed by atoms with van der Waals surface area (Å²) in [5.41, 5.74) is 2.49. The molecule has 0 saturated carbocycles. The van der Waals surface area contributed by atoms with E-state index in [2.05, 4.69) is 4.98 Å². The van der Waals surface area contributed by atoms with Gasteiger partial charge in [-0.05, 0) is 37.1 Å². The number of pyridine rings is 1. The second-order valence-corrected chi connectivity index (χ2v) is 7.05. The molecule has 8 heteroatoms. The zero-order valence-corrected chi connectivity index (χ0v) is 14.0. The van der Waals surface area contributed by atoms with E-state index in [-0.39, 0.29) is 11.5 Å². The van der Waals surface area contributed by atoms with E-state index in [0.29, 0.717) is 17.7 Å². The Kier molecular flexibility index (Phi) is 4.25. The fourth-order valence-electron chi connectivity index (χ4n) is 2.23. The number of aromatic nitrogens is 2. The summed E-state index contributed by atoms with van der Waals surface area (Å²) >= 11 is 0. The van der Waals surface area contributed by atoms with Crippen LogP contribution in [0.3, 0.4) is 0 Å². The molecule has 0 aliphatic rings. The Bertz CT molecular complexity index is 1030. The summed E-state index contributed by atoms with van der Waals surface area (Å²) in [5, 5.41) is 0. The van der Waals surface area contributed by atoms with Crippen molar-refractivity contribution < 1.29 is 17.0 Å². The highest BCUT2D eigenvalue weighted by molar-refractivity contribution is 7.86. The van der Waals surface area contributed by atoms with E-state index < -0.39 is 15.9 Å². The van der Waals surface area contributed by atoms with Crippen molar-refractivity contribution in [2.45, 2.75) is 18.2 Å². The van der Waals surface area contributed by atoms with Gasteiger partial charge in [0.25, 0.3) is 10.1 Å². The number of oxazole rings is 1. The fourth-order valence-corrected chi connectivity index (χ4v) is 3.14. The van der Waals surface area contributed by atoms with Crippen molar-refractivity contribution >= 4 is 21.3 Å². The summed E-state index contributed by atoms with van der Waals surface area (Å²) in [5.74, 6) is -0.493. The molecule has 0 fully saturated rings. The number of aryl methyl sites for hydroxylation is 2. The van der Waals surface area contributed by atoms with Crippen molar-refractivity contribution in [1.29, 1.82) is 0 Å². The van der Waals surface area contributed by atoms with Crippen LogP contribution in [0.15, 0.2) is 50.6 Å². The van der Waals surface area contributed by atoms with E-state index in [9.17, 15) is 13.2 Å². The zero-order valence-electron chi connectivity index (χ0n) is 13.2. The van der Waals surface area contributed by atoms with Crippen LogP contribution >= 0.6 is 0 Å². The maximum atomic E-state index is 12.1. The number of hydrogen-bond donors (Lipinski definition) is 0. The highest BCUT2D eigenvalue weighted by Gasteiger charge is 2.15. The third kappa shape index (κ3) is 3.24. The van der Waals surface area contributed by atoms with Crippen LogP contribution in [-0.4, -0.2) is 24.6 Å². The van der Waals surface area contributed by atoms with Crippen LogP contribution in [0.1, 0.15) is 11.1 Å². The van der Waals surface area contributed by atoms with Crippen LogP contribution in [0.5, 0.6) is 0 Å². The molecule has 0 saturated heterocycles. The van der Waals surface area contributed by atoms with Crippen LogP contribution in [-0.2, 0) is 27.8 Å². The molecule has 0 N–H and O–H groups in total. The molecule has 7 nitrogen and oxygen atoms in total. The van der Waals surface area contributed by atoms with Gasteiger partial charge in [-0.15, -0.1) is 0 Å². The molecule has 0 aliphatic carbocycles. The van der Waals surface area contributed by atoms with Gasteiger partial charge >= 0.3 is 5.76 Å². The van der Waals surface area contributed by atoms with Crippen LogP contribution < -0.4 is 5.76 Å². The number of hydrogen-bond acceptors (Lipinski definition) is 6. The van der Waals surface area contributed by atoms with E-state index in [0.717, 1.165) is 11.1 Å². The first-order valence-corrected chi connectivity index (χ1v) is 8.68. The largest absolute Gasteiger partial charge is 0.420 e. The lowest BCUT2D eigenvalue weighted by Gasteiger charge is -2.06. The third-order valence-corrected chi connectivity index (χ3v) is 4.94. The standard InChI is InChI=1S/C16H16N2O5S/c1-11-3-5-13(6-4-11)24(20,21)22-8-7-12-9-14-15(17-10-12)18(2)16(19)23-14/h3-6,9-10H,7-8H2,1-2H3. The van der Waals surface area contributed by atoms with Crippen LogP contribution in [0.25, 0.3) is 11.2 Å². The first-order chi connectivity index (χ1) is 11.4. The molecule has 1 aromatic carbocycles. The summed E-state index contributed by atoms with van der Waals surface area (Å²) in [6.07, 6.45) is 1.89. The maximum Gasteiger partial charge on any atom is 0.420 e. The van der Waals surface area contributed by atoms with Gasteiger partial charge in [0.05, 0.1) is 11.5 Å². The van der Waals surface area contributed by atoms with Crippen molar-refractivity contribution in [3.8, 4) is 0 Å². The number of nitrogens with zero attached hydrogens (tertiary/aromatic N) is 2. The van der Waals surface area contributed by atoms with Crippen molar-refractivity contribution in [3.05, 3.63) is 58.2 Å². The molecule has 0 aliphatic heterocycles. The molecule has 0 radical (unpaired) electrons. The Morgan fingerprint density at radius 2 is 1.96 bits per heavy atom.